The third-order valence-corrected chi connectivity index (χ3v) is 4.49. The molecule has 4 nitrogen and oxygen atoms in total. The first-order valence-electron chi connectivity index (χ1n) is 7.70. The Labute approximate surface area is 121 Å². The number of carbonyl (C=O) groups is 2. The molecule has 0 unspecified atom stereocenters. The fraction of sp³-hybridized carbons (Fsp3) is 0.750. The van der Waals surface area contributed by atoms with Gasteiger partial charge in [-0.2, -0.15) is 0 Å². The average molecular weight is 278 g/mol. The largest absolute Gasteiger partial charge is 0.351 e. The Bertz CT molecular complexity index is 395. The summed E-state index contributed by atoms with van der Waals surface area (Å²) in [4.78, 5) is 25.8. The molecule has 1 aliphatic heterocycles. The number of likely N-dealkylation sites (tertiary alicyclic amines) is 1. The first-order chi connectivity index (χ1) is 9.51. The van der Waals surface area contributed by atoms with Crippen molar-refractivity contribution in [3.63, 3.8) is 0 Å². The quantitative estimate of drug-likeness (QED) is 0.802. The van der Waals surface area contributed by atoms with Crippen LogP contribution in [0.15, 0.2) is 12.2 Å². The lowest BCUT2D eigenvalue weighted by Gasteiger charge is -2.26. The first kappa shape index (κ1) is 15.1. The standard InChI is InChI=1S/C16H26N2O2/c1-13(2)10-17-14(19)11-18-12-16(9-15(18)20)7-5-3-4-6-8-16/h1,3-12H2,2H3,(H,17,19). The lowest BCUT2D eigenvalue weighted by molar-refractivity contribution is -0.133. The molecule has 2 fully saturated rings. The third kappa shape index (κ3) is 3.84. The Morgan fingerprint density at radius 3 is 2.55 bits per heavy atom. The minimum atomic E-state index is -0.0768. The summed E-state index contributed by atoms with van der Waals surface area (Å²) in [6.07, 6.45) is 7.95. The molecule has 0 aromatic heterocycles. The lowest BCUT2D eigenvalue weighted by Crippen LogP contribution is -2.39. The molecule has 1 N–H and O–H groups in total. The van der Waals surface area contributed by atoms with Crippen molar-refractivity contribution in [2.24, 2.45) is 5.41 Å². The fourth-order valence-electron chi connectivity index (χ4n) is 3.42. The van der Waals surface area contributed by atoms with E-state index in [0.29, 0.717) is 13.0 Å². The summed E-state index contributed by atoms with van der Waals surface area (Å²) in [7, 11) is 0. The van der Waals surface area contributed by atoms with Gasteiger partial charge >= 0.3 is 0 Å². The second-order valence-corrected chi connectivity index (χ2v) is 6.57. The number of hydrogen-bond donors (Lipinski definition) is 1. The van der Waals surface area contributed by atoms with E-state index in [4.69, 9.17) is 0 Å². The van der Waals surface area contributed by atoms with E-state index < -0.39 is 0 Å². The summed E-state index contributed by atoms with van der Waals surface area (Å²) in [5.41, 5.74) is 1.08. The van der Waals surface area contributed by atoms with E-state index in [-0.39, 0.29) is 23.8 Å². The molecular formula is C16H26N2O2. The van der Waals surface area contributed by atoms with Crippen molar-refractivity contribution in [2.45, 2.75) is 51.9 Å². The Morgan fingerprint density at radius 2 is 1.95 bits per heavy atom. The number of nitrogens with one attached hydrogen (secondary N) is 1. The molecule has 1 saturated carbocycles. The van der Waals surface area contributed by atoms with Crippen LogP contribution in [0.5, 0.6) is 0 Å². The van der Waals surface area contributed by atoms with Crippen LogP contribution in [0, 0.1) is 5.41 Å². The van der Waals surface area contributed by atoms with E-state index in [1.54, 1.807) is 4.90 Å². The molecule has 1 aliphatic carbocycles. The number of hydrogen-bond acceptors (Lipinski definition) is 2. The van der Waals surface area contributed by atoms with E-state index in [0.717, 1.165) is 25.0 Å². The summed E-state index contributed by atoms with van der Waals surface area (Å²) < 4.78 is 0. The monoisotopic (exact) mass is 278 g/mol. The van der Waals surface area contributed by atoms with Crippen molar-refractivity contribution in [1.29, 1.82) is 0 Å². The Morgan fingerprint density at radius 1 is 1.30 bits per heavy atom. The summed E-state index contributed by atoms with van der Waals surface area (Å²) >= 11 is 0. The number of amides is 2. The molecule has 4 heteroatoms. The molecule has 0 bridgehead atoms. The van der Waals surface area contributed by atoms with Crippen molar-refractivity contribution < 1.29 is 9.59 Å². The number of carbonyl (C=O) groups excluding carboxylic acids is 2. The number of nitrogens with zero attached hydrogens (tertiary/aromatic N) is 1. The smallest absolute Gasteiger partial charge is 0.239 e. The average Bonchev–Trinajstić information content (AvgIpc) is 2.56. The molecule has 1 heterocycles. The molecule has 0 aromatic rings. The summed E-state index contributed by atoms with van der Waals surface area (Å²) in [5.74, 6) is 0.0735. The van der Waals surface area contributed by atoms with Gasteiger partial charge in [0.05, 0.1) is 6.54 Å². The van der Waals surface area contributed by atoms with Gasteiger partial charge in [-0.05, 0) is 25.2 Å². The topological polar surface area (TPSA) is 49.4 Å². The summed E-state index contributed by atoms with van der Waals surface area (Å²) in [6.45, 7) is 7.10. The normalized spacial score (nSPS) is 21.9. The van der Waals surface area contributed by atoms with E-state index in [2.05, 4.69) is 11.9 Å². The van der Waals surface area contributed by atoms with Gasteiger partial charge < -0.3 is 10.2 Å². The van der Waals surface area contributed by atoms with Gasteiger partial charge in [0.2, 0.25) is 11.8 Å². The molecule has 2 aliphatic rings. The van der Waals surface area contributed by atoms with Gasteiger partial charge in [-0.3, -0.25) is 9.59 Å². The third-order valence-electron chi connectivity index (χ3n) is 4.49. The van der Waals surface area contributed by atoms with Crippen LogP contribution in [0.3, 0.4) is 0 Å². The van der Waals surface area contributed by atoms with Crippen molar-refractivity contribution in [3.8, 4) is 0 Å². The SMILES string of the molecule is C=C(C)CNC(=O)CN1CC2(CCCCCC2)CC1=O. The van der Waals surface area contributed by atoms with Crippen molar-refractivity contribution >= 4 is 11.8 Å². The summed E-state index contributed by atoms with van der Waals surface area (Å²) in [5, 5.41) is 2.80. The van der Waals surface area contributed by atoms with E-state index in [9.17, 15) is 9.59 Å². The molecule has 0 aromatic carbocycles. The number of rotatable bonds is 4. The van der Waals surface area contributed by atoms with Gasteiger partial charge in [-0.1, -0.05) is 37.8 Å². The van der Waals surface area contributed by atoms with Crippen LogP contribution in [0.2, 0.25) is 0 Å². The minimum Gasteiger partial charge on any atom is -0.351 e. The van der Waals surface area contributed by atoms with Gasteiger partial charge in [0.1, 0.15) is 0 Å². The minimum absolute atomic E-state index is 0.0768. The predicted octanol–water partition coefficient (Wildman–Crippen LogP) is 2.25. The maximum atomic E-state index is 12.2. The molecule has 2 amide bonds. The van der Waals surface area contributed by atoms with E-state index >= 15 is 0 Å². The maximum absolute atomic E-state index is 12.2. The van der Waals surface area contributed by atoms with Crippen LogP contribution in [0.25, 0.3) is 0 Å². The van der Waals surface area contributed by atoms with Crippen molar-refractivity contribution in [2.75, 3.05) is 19.6 Å². The molecule has 0 atom stereocenters. The van der Waals surface area contributed by atoms with Crippen LogP contribution in [-0.2, 0) is 9.59 Å². The van der Waals surface area contributed by atoms with Crippen molar-refractivity contribution in [3.05, 3.63) is 12.2 Å². The highest BCUT2D eigenvalue weighted by Gasteiger charge is 2.43. The zero-order valence-corrected chi connectivity index (χ0v) is 12.5. The van der Waals surface area contributed by atoms with Crippen LogP contribution >= 0.6 is 0 Å². The van der Waals surface area contributed by atoms with Gasteiger partial charge in [-0.15, -0.1) is 0 Å². The molecule has 112 valence electrons. The second-order valence-electron chi connectivity index (χ2n) is 6.57. The predicted molar refractivity (Wildman–Crippen MR) is 79.2 cm³/mol. The van der Waals surface area contributed by atoms with Gasteiger partial charge in [0.15, 0.2) is 0 Å². The molecular weight excluding hydrogens is 252 g/mol. The van der Waals surface area contributed by atoms with E-state index in [1.807, 2.05) is 6.92 Å². The van der Waals surface area contributed by atoms with E-state index in [1.165, 1.54) is 25.7 Å². The maximum Gasteiger partial charge on any atom is 0.239 e. The zero-order chi connectivity index (χ0) is 14.6. The lowest BCUT2D eigenvalue weighted by atomic mass is 9.80. The van der Waals surface area contributed by atoms with Gasteiger partial charge in [0, 0.05) is 19.5 Å². The fourth-order valence-corrected chi connectivity index (χ4v) is 3.42. The Hall–Kier alpha value is -1.32. The second kappa shape index (κ2) is 6.42. The molecule has 1 saturated heterocycles. The Kier molecular flexibility index (Phi) is 4.84. The van der Waals surface area contributed by atoms with Crippen LogP contribution in [0.4, 0.5) is 0 Å². The van der Waals surface area contributed by atoms with Crippen LogP contribution in [-0.4, -0.2) is 36.3 Å². The highest BCUT2D eigenvalue weighted by atomic mass is 16.2. The van der Waals surface area contributed by atoms with Crippen molar-refractivity contribution in [1.82, 2.24) is 10.2 Å². The highest BCUT2D eigenvalue weighted by Crippen LogP contribution is 2.43. The van der Waals surface area contributed by atoms with Gasteiger partial charge in [0.25, 0.3) is 0 Å². The molecule has 20 heavy (non-hydrogen) atoms. The first-order valence-corrected chi connectivity index (χ1v) is 7.70. The highest BCUT2D eigenvalue weighted by molar-refractivity contribution is 5.86. The Balaban J connectivity index is 1.88. The summed E-state index contributed by atoms with van der Waals surface area (Å²) in [6, 6.07) is 0. The van der Waals surface area contributed by atoms with Gasteiger partial charge in [-0.25, -0.2) is 0 Å². The zero-order valence-electron chi connectivity index (χ0n) is 12.5. The van der Waals surface area contributed by atoms with Crippen LogP contribution in [0.1, 0.15) is 51.9 Å². The van der Waals surface area contributed by atoms with Crippen LogP contribution < -0.4 is 5.32 Å². The molecule has 0 radical (unpaired) electrons. The molecule has 1 spiro atoms. The molecule has 2 rings (SSSR count).